The molecule has 1 saturated heterocycles. The Morgan fingerprint density at radius 3 is 2.62 bits per heavy atom. The molecule has 0 spiro atoms. The van der Waals surface area contributed by atoms with E-state index in [1.807, 2.05) is 20.8 Å². The topological polar surface area (TPSA) is 72.8 Å². The van der Waals surface area contributed by atoms with Crippen LogP contribution in [-0.4, -0.2) is 52.5 Å². The summed E-state index contributed by atoms with van der Waals surface area (Å²) in [5, 5.41) is 21.4. The lowest BCUT2D eigenvalue weighted by molar-refractivity contribution is -0.130. The highest BCUT2D eigenvalue weighted by Crippen LogP contribution is 2.17. The summed E-state index contributed by atoms with van der Waals surface area (Å²) in [6.07, 6.45) is 1.50. The molecule has 1 fully saturated rings. The molecule has 0 aromatic heterocycles. The molecule has 92 valence electrons. The van der Waals surface area contributed by atoms with Gasteiger partial charge in [0.2, 0.25) is 5.91 Å². The lowest BCUT2D eigenvalue weighted by Gasteiger charge is -2.27. The van der Waals surface area contributed by atoms with Crippen molar-refractivity contribution in [1.29, 1.82) is 0 Å². The standard InChI is InChI=1S/C10H21BN2O3/c1-10(2,3)12-7-9(14)13-6-4-5-8(13)11(15)16/h8,12,15-16H,4-7H2,1-3H3/t8-/m0/s1. The van der Waals surface area contributed by atoms with Crippen molar-refractivity contribution >= 4 is 13.0 Å². The first-order valence-electron chi connectivity index (χ1n) is 5.72. The van der Waals surface area contributed by atoms with Gasteiger partial charge in [0.25, 0.3) is 0 Å². The zero-order valence-electron chi connectivity index (χ0n) is 10.2. The Hall–Kier alpha value is -0.585. The fourth-order valence-corrected chi connectivity index (χ4v) is 1.85. The van der Waals surface area contributed by atoms with E-state index in [-0.39, 0.29) is 18.0 Å². The highest BCUT2D eigenvalue weighted by Gasteiger charge is 2.36. The van der Waals surface area contributed by atoms with Crippen LogP contribution >= 0.6 is 0 Å². The molecule has 1 atom stereocenters. The van der Waals surface area contributed by atoms with Crippen LogP contribution in [0.3, 0.4) is 0 Å². The van der Waals surface area contributed by atoms with E-state index < -0.39 is 13.1 Å². The summed E-state index contributed by atoms with van der Waals surface area (Å²) < 4.78 is 0. The molecule has 1 rings (SSSR count). The average molecular weight is 228 g/mol. The van der Waals surface area contributed by atoms with Crippen LogP contribution in [0.15, 0.2) is 0 Å². The molecule has 0 unspecified atom stereocenters. The van der Waals surface area contributed by atoms with Crippen molar-refractivity contribution in [2.45, 2.75) is 45.1 Å². The molecular formula is C10H21BN2O3. The third-order valence-corrected chi connectivity index (χ3v) is 2.73. The van der Waals surface area contributed by atoms with E-state index in [9.17, 15) is 4.79 Å². The average Bonchev–Trinajstić information content (AvgIpc) is 2.61. The second-order valence-corrected chi connectivity index (χ2v) is 5.31. The first-order chi connectivity index (χ1) is 7.31. The van der Waals surface area contributed by atoms with Crippen molar-refractivity contribution in [3.63, 3.8) is 0 Å². The Kier molecular flexibility index (Phi) is 4.35. The number of nitrogens with one attached hydrogen (secondary N) is 1. The van der Waals surface area contributed by atoms with Crippen LogP contribution in [0.5, 0.6) is 0 Å². The summed E-state index contributed by atoms with van der Waals surface area (Å²) in [5.74, 6) is -0.500. The van der Waals surface area contributed by atoms with Crippen molar-refractivity contribution in [3.05, 3.63) is 0 Å². The molecule has 1 heterocycles. The van der Waals surface area contributed by atoms with Crippen molar-refractivity contribution in [3.8, 4) is 0 Å². The molecule has 0 saturated carbocycles. The fraction of sp³-hybridized carbons (Fsp3) is 0.900. The summed E-state index contributed by atoms with van der Waals surface area (Å²) in [7, 11) is -1.43. The molecule has 3 N–H and O–H groups in total. The number of carbonyl (C=O) groups is 1. The summed E-state index contributed by atoms with van der Waals surface area (Å²) >= 11 is 0. The van der Waals surface area contributed by atoms with Crippen molar-refractivity contribution in [2.24, 2.45) is 0 Å². The quantitative estimate of drug-likeness (QED) is 0.563. The van der Waals surface area contributed by atoms with Gasteiger partial charge in [-0.2, -0.15) is 0 Å². The Balaban J connectivity index is 2.47. The maximum Gasteiger partial charge on any atom is 0.475 e. The minimum atomic E-state index is -1.43. The predicted octanol–water partition coefficient (Wildman–Crippen LogP) is -0.622. The van der Waals surface area contributed by atoms with Gasteiger partial charge in [0.1, 0.15) is 0 Å². The van der Waals surface area contributed by atoms with Crippen LogP contribution in [0.2, 0.25) is 0 Å². The normalized spacial score (nSPS) is 21.3. The van der Waals surface area contributed by atoms with E-state index in [0.29, 0.717) is 13.0 Å². The minimum Gasteiger partial charge on any atom is -0.426 e. The van der Waals surface area contributed by atoms with Gasteiger partial charge >= 0.3 is 7.12 Å². The summed E-state index contributed by atoms with van der Waals surface area (Å²) in [4.78, 5) is 13.4. The van der Waals surface area contributed by atoms with Crippen LogP contribution in [0.25, 0.3) is 0 Å². The Morgan fingerprint density at radius 2 is 2.12 bits per heavy atom. The SMILES string of the molecule is CC(C)(C)NCC(=O)N1CCC[C@H]1B(O)O. The van der Waals surface area contributed by atoms with Crippen molar-refractivity contribution in [2.75, 3.05) is 13.1 Å². The largest absolute Gasteiger partial charge is 0.475 e. The van der Waals surface area contributed by atoms with Crippen molar-refractivity contribution < 1.29 is 14.8 Å². The van der Waals surface area contributed by atoms with Gasteiger partial charge in [-0.3, -0.25) is 4.79 Å². The van der Waals surface area contributed by atoms with Gasteiger partial charge in [-0.1, -0.05) is 0 Å². The van der Waals surface area contributed by atoms with E-state index >= 15 is 0 Å². The lowest BCUT2D eigenvalue weighted by atomic mass is 9.78. The zero-order chi connectivity index (χ0) is 12.3. The summed E-state index contributed by atoms with van der Waals surface area (Å²) in [5.41, 5.74) is -0.108. The van der Waals surface area contributed by atoms with Crippen LogP contribution < -0.4 is 5.32 Å². The second kappa shape index (κ2) is 5.16. The second-order valence-electron chi connectivity index (χ2n) is 5.31. The van der Waals surface area contributed by atoms with Gasteiger partial charge < -0.3 is 20.3 Å². The number of amides is 1. The third kappa shape index (κ3) is 3.77. The fourth-order valence-electron chi connectivity index (χ4n) is 1.85. The van der Waals surface area contributed by atoms with E-state index in [2.05, 4.69) is 5.32 Å². The van der Waals surface area contributed by atoms with Gasteiger partial charge in [-0.15, -0.1) is 0 Å². The van der Waals surface area contributed by atoms with Crippen LogP contribution in [-0.2, 0) is 4.79 Å². The van der Waals surface area contributed by atoms with E-state index in [0.717, 1.165) is 6.42 Å². The molecule has 6 heteroatoms. The predicted molar refractivity (Wildman–Crippen MR) is 62.7 cm³/mol. The lowest BCUT2D eigenvalue weighted by Crippen LogP contribution is -2.50. The Labute approximate surface area is 97.0 Å². The van der Waals surface area contributed by atoms with Crippen LogP contribution in [0.1, 0.15) is 33.6 Å². The first-order valence-corrected chi connectivity index (χ1v) is 5.72. The van der Waals surface area contributed by atoms with Gasteiger partial charge in [0.05, 0.1) is 12.5 Å². The number of rotatable bonds is 3. The molecule has 0 aromatic rings. The molecule has 5 nitrogen and oxygen atoms in total. The number of hydrogen-bond donors (Lipinski definition) is 3. The monoisotopic (exact) mass is 228 g/mol. The van der Waals surface area contributed by atoms with Crippen LogP contribution in [0.4, 0.5) is 0 Å². The molecule has 0 aromatic carbocycles. The molecular weight excluding hydrogens is 207 g/mol. The summed E-state index contributed by atoms with van der Waals surface area (Å²) in [6.45, 7) is 6.83. The highest BCUT2D eigenvalue weighted by molar-refractivity contribution is 6.43. The van der Waals surface area contributed by atoms with E-state index in [1.54, 1.807) is 4.90 Å². The number of hydrogen-bond acceptors (Lipinski definition) is 4. The van der Waals surface area contributed by atoms with Crippen LogP contribution in [0, 0.1) is 0 Å². The van der Waals surface area contributed by atoms with Gasteiger partial charge in [-0.05, 0) is 33.6 Å². The van der Waals surface area contributed by atoms with Gasteiger partial charge in [0.15, 0.2) is 0 Å². The Bertz CT molecular complexity index is 253. The zero-order valence-corrected chi connectivity index (χ0v) is 10.2. The molecule has 0 aliphatic carbocycles. The smallest absolute Gasteiger partial charge is 0.426 e. The first kappa shape index (κ1) is 13.5. The third-order valence-electron chi connectivity index (χ3n) is 2.73. The molecule has 16 heavy (non-hydrogen) atoms. The molecule has 1 aliphatic rings. The molecule has 1 aliphatic heterocycles. The van der Waals surface area contributed by atoms with E-state index in [1.165, 1.54) is 0 Å². The highest BCUT2D eigenvalue weighted by atomic mass is 16.4. The summed E-state index contributed by atoms with van der Waals surface area (Å²) in [6, 6.07) is 0. The van der Waals surface area contributed by atoms with Crippen molar-refractivity contribution in [1.82, 2.24) is 10.2 Å². The van der Waals surface area contributed by atoms with E-state index in [4.69, 9.17) is 10.0 Å². The van der Waals surface area contributed by atoms with Gasteiger partial charge in [0, 0.05) is 12.1 Å². The number of likely N-dealkylation sites (tertiary alicyclic amines) is 1. The molecule has 1 amide bonds. The molecule has 0 bridgehead atoms. The Morgan fingerprint density at radius 1 is 1.50 bits per heavy atom. The maximum absolute atomic E-state index is 11.8. The minimum absolute atomic E-state index is 0.0643. The number of carbonyl (C=O) groups excluding carboxylic acids is 1. The number of nitrogens with zero attached hydrogens (tertiary/aromatic N) is 1. The van der Waals surface area contributed by atoms with Gasteiger partial charge in [-0.25, -0.2) is 0 Å². The maximum atomic E-state index is 11.8. The molecule has 0 radical (unpaired) electrons.